The maximum atomic E-state index is 12.1. The molecule has 2 rings (SSSR count). The number of hydrogen-bond donors (Lipinski definition) is 0. The highest BCUT2D eigenvalue weighted by molar-refractivity contribution is 8.00. The normalized spacial score (nSPS) is 11.7. The maximum absolute atomic E-state index is 12.1. The van der Waals surface area contributed by atoms with Gasteiger partial charge in [-0.05, 0) is 5.56 Å². The van der Waals surface area contributed by atoms with Gasteiger partial charge in [-0.15, -0.1) is 11.8 Å². The summed E-state index contributed by atoms with van der Waals surface area (Å²) < 4.78 is 5.35. The van der Waals surface area contributed by atoms with Crippen LogP contribution in [-0.4, -0.2) is 23.3 Å². The highest BCUT2D eigenvalue weighted by Crippen LogP contribution is 2.23. The molecule has 0 fully saturated rings. The van der Waals surface area contributed by atoms with Crippen molar-refractivity contribution in [1.82, 2.24) is 0 Å². The Kier molecular flexibility index (Phi) is 6.22. The van der Waals surface area contributed by atoms with Gasteiger partial charge in [-0.3, -0.25) is 9.59 Å². The lowest BCUT2D eigenvalue weighted by Gasteiger charge is -2.17. The van der Waals surface area contributed by atoms with Crippen molar-refractivity contribution in [3.8, 4) is 0 Å². The maximum Gasteiger partial charge on any atom is 0.303 e. The van der Waals surface area contributed by atoms with E-state index >= 15 is 0 Å². The van der Waals surface area contributed by atoms with Gasteiger partial charge in [0, 0.05) is 18.2 Å². The summed E-state index contributed by atoms with van der Waals surface area (Å²) in [7, 11) is 0. The molecule has 4 heteroatoms. The third-order valence-corrected chi connectivity index (χ3v) is 4.08. The largest absolute Gasteiger partial charge is 0.457 e. The van der Waals surface area contributed by atoms with Crippen LogP contribution in [0.1, 0.15) is 28.9 Å². The first-order valence-corrected chi connectivity index (χ1v) is 8.20. The topological polar surface area (TPSA) is 43.4 Å². The summed E-state index contributed by atoms with van der Waals surface area (Å²) in [5, 5.41) is 0. The Morgan fingerprint density at radius 2 is 1.59 bits per heavy atom. The molecule has 1 atom stereocenters. The highest BCUT2D eigenvalue weighted by Gasteiger charge is 2.15. The van der Waals surface area contributed by atoms with Crippen LogP contribution in [0.3, 0.4) is 0 Å². The van der Waals surface area contributed by atoms with Gasteiger partial charge >= 0.3 is 5.97 Å². The Morgan fingerprint density at radius 1 is 1.00 bits per heavy atom. The van der Waals surface area contributed by atoms with E-state index in [0.29, 0.717) is 17.1 Å². The average molecular weight is 314 g/mol. The van der Waals surface area contributed by atoms with E-state index in [1.807, 2.05) is 60.7 Å². The second-order valence-electron chi connectivity index (χ2n) is 4.81. The molecule has 0 saturated heterocycles. The summed E-state index contributed by atoms with van der Waals surface area (Å²) in [6, 6.07) is 18.8. The Labute approximate surface area is 134 Å². The minimum absolute atomic E-state index is 0.0836. The summed E-state index contributed by atoms with van der Waals surface area (Å²) in [6.07, 6.45) is -0.327. The van der Waals surface area contributed by atoms with E-state index in [-0.39, 0.29) is 17.9 Å². The number of esters is 1. The van der Waals surface area contributed by atoms with Crippen LogP contribution in [0, 0.1) is 0 Å². The summed E-state index contributed by atoms with van der Waals surface area (Å²) in [6.45, 7) is 1.40. The first-order chi connectivity index (χ1) is 10.7. The van der Waals surface area contributed by atoms with Crippen LogP contribution in [0.5, 0.6) is 0 Å². The van der Waals surface area contributed by atoms with Crippen molar-refractivity contribution in [2.24, 2.45) is 0 Å². The zero-order chi connectivity index (χ0) is 15.8. The van der Waals surface area contributed by atoms with Gasteiger partial charge in [0.05, 0.1) is 5.75 Å². The standard InChI is InChI=1S/C18H18O3S/c1-14(19)21-18(16-10-6-3-7-11-16)13-22-12-17(20)15-8-4-2-5-9-15/h2-11,18H,12-13H2,1H3. The van der Waals surface area contributed by atoms with Gasteiger partial charge in [0.15, 0.2) is 5.78 Å². The van der Waals surface area contributed by atoms with E-state index < -0.39 is 0 Å². The van der Waals surface area contributed by atoms with E-state index in [1.165, 1.54) is 18.7 Å². The molecule has 0 amide bonds. The van der Waals surface area contributed by atoms with Crippen LogP contribution in [0.2, 0.25) is 0 Å². The van der Waals surface area contributed by atoms with Crippen molar-refractivity contribution < 1.29 is 14.3 Å². The average Bonchev–Trinajstić information content (AvgIpc) is 2.55. The van der Waals surface area contributed by atoms with E-state index in [1.54, 1.807) is 0 Å². The first kappa shape index (κ1) is 16.3. The minimum Gasteiger partial charge on any atom is -0.457 e. The van der Waals surface area contributed by atoms with Crippen LogP contribution < -0.4 is 0 Å². The number of Topliss-reactive ketones (excluding diaryl/α,β-unsaturated/α-hetero) is 1. The molecule has 1 unspecified atom stereocenters. The van der Waals surface area contributed by atoms with Gasteiger partial charge in [0.1, 0.15) is 6.10 Å². The number of benzene rings is 2. The van der Waals surface area contributed by atoms with Crippen molar-refractivity contribution in [1.29, 1.82) is 0 Å². The Balaban J connectivity index is 1.92. The monoisotopic (exact) mass is 314 g/mol. The summed E-state index contributed by atoms with van der Waals surface area (Å²) in [5.41, 5.74) is 1.65. The lowest BCUT2D eigenvalue weighted by atomic mass is 10.1. The number of thioether (sulfide) groups is 1. The Morgan fingerprint density at radius 3 is 2.18 bits per heavy atom. The molecule has 0 heterocycles. The third-order valence-electron chi connectivity index (χ3n) is 3.08. The summed E-state index contributed by atoms with van der Waals surface area (Å²) in [4.78, 5) is 23.3. The van der Waals surface area contributed by atoms with Crippen molar-refractivity contribution in [2.45, 2.75) is 13.0 Å². The molecule has 0 aliphatic carbocycles. The molecule has 0 aliphatic rings. The number of rotatable bonds is 7. The number of ketones is 1. The summed E-state index contributed by atoms with van der Waals surface area (Å²) in [5.74, 6) is 0.695. The first-order valence-electron chi connectivity index (χ1n) is 7.05. The van der Waals surface area contributed by atoms with Gasteiger partial charge in [-0.1, -0.05) is 60.7 Å². The van der Waals surface area contributed by atoms with Crippen LogP contribution >= 0.6 is 11.8 Å². The van der Waals surface area contributed by atoms with E-state index in [9.17, 15) is 9.59 Å². The highest BCUT2D eigenvalue weighted by atomic mass is 32.2. The van der Waals surface area contributed by atoms with Crippen molar-refractivity contribution >= 4 is 23.5 Å². The fourth-order valence-electron chi connectivity index (χ4n) is 2.03. The van der Waals surface area contributed by atoms with Crippen molar-refractivity contribution in [3.63, 3.8) is 0 Å². The molecule has 2 aromatic carbocycles. The van der Waals surface area contributed by atoms with Crippen LogP contribution in [0.15, 0.2) is 60.7 Å². The van der Waals surface area contributed by atoms with Gasteiger partial charge < -0.3 is 4.74 Å². The van der Waals surface area contributed by atoms with E-state index in [0.717, 1.165) is 5.56 Å². The molecule has 0 aliphatic heterocycles. The van der Waals surface area contributed by atoms with Gasteiger partial charge in [-0.25, -0.2) is 0 Å². The number of hydrogen-bond acceptors (Lipinski definition) is 4. The quantitative estimate of drug-likeness (QED) is 0.574. The molecule has 0 bridgehead atoms. The van der Waals surface area contributed by atoms with Crippen LogP contribution in [0.4, 0.5) is 0 Å². The molecule has 0 saturated carbocycles. The Bertz CT molecular complexity index is 611. The van der Waals surface area contributed by atoms with Gasteiger partial charge in [-0.2, -0.15) is 0 Å². The molecular weight excluding hydrogens is 296 g/mol. The predicted octanol–water partition coefficient (Wildman–Crippen LogP) is 3.91. The number of carbonyl (C=O) groups is 2. The molecule has 0 aromatic heterocycles. The molecule has 2 aromatic rings. The second-order valence-corrected chi connectivity index (χ2v) is 5.84. The zero-order valence-electron chi connectivity index (χ0n) is 12.4. The van der Waals surface area contributed by atoms with Gasteiger partial charge in [0.25, 0.3) is 0 Å². The van der Waals surface area contributed by atoms with Gasteiger partial charge in [0.2, 0.25) is 0 Å². The Hall–Kier alpha value is -2.07. The predicted molar refractivity (Wildman–Crippen MR) is 89.0 cm³/mol. The lowest BCUT2D eigenvalue weighted by molar-refractivity contribution is -0.145. The second kappa shape index (κ2) is 8.39. The minimum atomic E-state index is -0.327. The number of carbonyl (C=O) groups excluding carboxylic acids is 2. The fraction of sp³-hybridized carbons (Fsp3) is 0.222. The van der Waals surface area contributed by atoms with E-state index in [4.69, 9.17) is 4.74 Å². The third kappa shape index (κ3) is 5.04. The van der Waals surface area contributed by atoms with Crippen LogP contribution in [0.25, 0.3) is 0 Å². The molecule has 0 N–H and O–H groups in total. The van der Waals surface area contributed by atoms with Crippen molar-refractivity contribution in [3.05, 3.63) is 71.8 Å². The molecule has 0 radical (unpaired) electrons. The lowest BCUT2D eigenvalue weighted by Crippen LogP contribution is -2.12. The molecular formula is C18H18O3S. The van der Waals surface area contributed by atoms with Crippen LogP contribution in [-0.2, 0) is 9.53 Å². The zero-order valence-corrected chi connectivity index (χ0v) is 13.2. The molecule has 114 valence electrons. The molecule has 0 spiro atoms. The smallest absolute Gasteiger partial charge is 0.303 e. The molecule has 22 heavy (non-hydrogen) atoms. The number of ether oxygens (including phenoxy) is 1. The fourth-order valence-corrected chi connectivity index (χ4v) is 2.98. The summed E-state index contributed by atoms with van der Waals surface area (Å²) >= 11 is 1.47. The van der Waals surface area contributed by atoms with E-state index in [2.05, 4.69) is 0 Å². The SMILES string of the molecule is CC(=O)OC(CSCC(=O)c1ccccc1)c1ccccc1. The molecule has 3 nitrogen and oxygen atoms in total. The van der Waals surface area contributed by atoms with Crippen molar-refractivity contribution in [2.75, 3.05) is 11.5 Å².